The molecule has 0 atom stereocenters. The van der Waals surface area contributed by atoms with Crippen molar-refractivity contribution in [3.63, 3.8) is 0 Å². The number of hydrogen-bond acceptors (Lipinski definition) is 3. The summed E-state index contributed by atoms with van der Waals surface area (Å²) in [5.74, 6) is 0.132. The van der Waals surface area contributed by atoms with Crippen LogP contribution in [0.1, 0.15) is 50.1 Å². The first-order valence-corrected chi connectivity index (χ1v) is 7.88. The van der Waals surface area contributed by atoms with Crippen LogP contribution in [0.25, 0.3) is 0 Å². The maximum absolute atomic E-state index is 12.8. The maximum Gasteiger partial charge on any atom is 0.270 e. The van der Waals surface area contributed by atoms with E-state index >= 15 is 0 Å². The number of hydrogen-bond donors (Lipinski definition) is 1. The fraction of sp³-hybridized carbons (Fsp3) is 0.688. The van der Waals surface area contributed by atoms with Gasteiger partial charge in [-0.25, -0.2) is 0 Å². The molecule has 1 saturated carbocycles. The first-order valence-electron chi connectivity index (χ1n) is 7.88. The number of amides is 1. The fourth-order valence-electron chi connectivity index (χ4n) is 3.07. The van der Waals surface area contributed by atoms with Gasteiger partial charge in [0.25, 0.3) is 5.91 Å². The summed E-state index contributed by atoms with van der Waals surface area (Å²) in [4.78, 5) is 17.2. The Labute approximate surface area is 126 Å². The van der Waals surface area contributed by atoms with E-state index in [0.717, 1.165) is 44.7 Å². The van der Waals surface area contributed by atoms with Gasteiger partial charge in [0.2, 0.25) is 0 Å². The van der Waals surface area contributed by atoms with E-state index in [1.165, 1.54) is 0 Å². The molecular weight excluding hydrogens is 264 g/mol. The molecule has 2 N–H and O–H groups in total. The Hall–Kier alpha value is -1.49. The van der Waals surface area contributed by atoms with E-state index in [2.05, 4.69) is 30.2 Å². The number of rotatable bonds is 2. The van der Waals surface area contributed by atoms with Gasteiger partial charge in [-0.1, -0.05) is 0 Å². The highest BCUT2D eigenvalue weighted by Gasteiger charge is 2.32. The summed E-state index contributed by atoms with van der Waals surface area (Å²) >= 11 is 0. The van der Waals surface area contributed by atoms with Gasteiger partial charge in [0.1, 0.15) is 5.69 Å². The lowest BCUT2D eigenvalue weighted by Gasteiger charge is -2.42. The topological polar surface area (TPSA) is 54.5 Å². The molecule has 1 aromatic rings. The number of aromatic nitrogens is 1. The first kappa shape index (κ1) is 14.4. The Kier molecular flexibility index (Phi) is 3.48. The van der Waals surface area contributed by atoms with Crippen LogP contribution in [0.2, 0.25) is 0 Å². The minimum Gasteiger partial charge on any atom is -0.397 e. The van der Waals surface area contributed by atoms with Crippen molar-refractivity contribution < 1.29 is 4.79 Å². The highest BCUT2D eigenvalue weighted by molar-refractivity contribution is 5.94. The van der Waals surface area contributed by atoms with Crippen LogP contribution in [0, 0.1) is 0 Å². The minimum atomic E-state index is 0.132. The van der Waals surface area contributed by atoms with Crippen LogP contribution in [0.15, 0.2) is 12.3 Å². The van der Waals surface area contributed by atoms with Crippen LogP contribution in [0.4, 0.5) is 5.69 Å². The minimum absolute atomic E-state index is 0.132. The van der Waals surface area contributed by atoms with E-state index in [0.29, 0.717) is 11.7 Å². The van der Waals surface area contributed by atoms with Gasteiger partial charge in [0.15, 0.2) is 0 Å². The smallest absolute Gasteiger partial charge is 0.270 e. The number of anilines is 1. The van der Waals surface area contributed by atoms with Crippen molar-refractivity contribution in [3.05, 3.63) is 18.0 Å². The van der Waals surface area contributed by atoms with Gasteiger partial charge in [-0.05, 0) is 39.7 Å². The third-order valence-electron chi connectivity index (χ3n) is 4.54. The zero-order chi connectivity index (χ0) is 15.2. The van der Waals surface area contributed by atoms with Crippen molar-refractivity contribution in [2.24, 2.45) is 0 Å². The summed E-state index contributed by atoms with van der Waals surface area (Å²) in [6.45, 7) is 10.2. The van der Waals surface area contributed by atoms with Gasteiger partial charge in [-0.15, -0.1) is 0 Å². The SMILES string of the molecule is CC(C)(C)N1CCN(C(=O)c2cc(N)cn2C2CC2)CC1. The molecule has 5 heteroatoms. The summed E-state index contributed by atoms with van der Waals surface area (Å²) in [5, 5.41) is 0. The molecule has 0 aromatic carbocycles. The maximum atomic E-state index is 12.8. The largest absolute Gasteiger partial charge is 0.397 e. The molecule has 116 valence electrons. The normalized spacial score (nSPS) is 20.8. The molecule has 0 bridgehead atoms. The second kappa shape index (κ2) is 5.05. The molecule has 1 aromatic heterocycles. The molecule has 1 amide bonds. The van der Waals surface area contributed by atoms with Crippen LogP contribution < -0.4 is 5.73 Å². The van der Waals surface area contributed by atoms with E-state index < -0.39 is 0 Å². The third-order valence-corrected chi connectivity index (χ3v) is 4.54. The molecule has 0 unspecified atom stereocenters. The van der Waals surface area contributed by atoms with Crippen LogP contribution in [-0.4, -0.2) is 52.0 Å². The van der Waals surface area contributed by atoms with Crippen molar-refractivity contribution in [1.82, 2.24) is 14.4 Å². The van der Waals surface area contributed by atoms with E-state index in [9.17, 15) is 4.79 Å². The molecule has 1 aliphatic carbocycles. The van der Waals surface area contributed by atoms with Crippen LogP contribution >= 0.6 is 0 Å². The van der Waals surface area contributed by atoms with Crippen molar-refractivity contribution >= 4 is 11.6 Å². The zero-order valence-electron chi connectivity index (χ0n) is 13.3. The first-order chi connectivity index (χ1) is 9.86. The van der Waals surface area contributed by atoms with Crippen LogP contribution in [0.3, 0.4) is 0 Å². The summed E-state index contributed by atoms with van der Waals surface area (Å²) in [6.07, 6.45) is 4.23. The van der Waals surface area contributed by atoms with Crippen LogP contribution in [-0.2, 0) is 0 Å². The number of carbonyl (C=O) groups excluding carboxylic acids is 1. The molecule has 0 radical (unpaired) electrons. The van der Waals surface area contributed by atoms with Gasteiger partial charge in [0, 0.05) is 44.0 Å². The lowest BCUT2D eigenvalue weighted by molar-refractivity contribution is 0.0443. The summed E-state index contributed by atoms with van der Waals surface area (Å²) in [6, 6.07) is 2.31. The Balaban J connectivity index is 1.70. The third kappa shape index (κ3) is 2.93. The summed E-state index contributed by atoms with van der Waals surface area (Å²) < 4.78 is 2.08. The van der Waals surface area contributed by atoms with Crippen LogP contribution in [0.5, 0.6) is 0 Å². The number of nitrogen functional groups attached to an aromatic ring is 1. The lowest BCUT2D eigenvalue weighted by atomic mass is 10.0. The zero-order valence-corrected chi connectivity index (χ0v) is 13.3. The Morgan fingerprint density at radius 1 is 1.19 bits per heavy atom. The average Bonchev–Trinajstić information content (AvgIpc) is 3.20. The van der Waals surface area contributed by atoms with E-state index in [4.69, 9.17) is 5.73 Å². The van der Waals surface area contributed by atoms with Gasteiger partial charge in [-0.2, -0.15) is 0 Å². The Morgan fingerprint density at radius 3 is 2.33 bits per heavy atom. The predicted octanol–water partition coefficient (Wildman–Crippen LogP) is 1.96. The second-order valence-corrected chi connectivity index (χ2v) is 7.25. The van der Waals surface area contributed by atoms with E-state index in [-0.39, 0.29) is 11.4 Å². The second-order valence-electron chi connectivity index (χ2n) is 7.25. The molecule has 3 rings (SSSR count). The van der Waals surface area contributed by atoms with Crippen molar-refractivity contribution in [3.8, 4) is 0 Å². The molecular formula is C16H26N4O. The molecule has 0 spiro atoms. The van der Waals surface area contributed by atoms with E-state index in [1.807, 2.05) is 17.2 Å². The molecule has 2 aliphatic rings. The molecule has 1 aliphatic heterocycles. The predicted molar refractivity (Wildman–Crippen MR) is 84.3 cm³/mol. The number of nitrogens with zero attached hydrogens (tertiary/aromatic N) is 3. The Morgan fingerprint density at radius 2 is 1.81 bits per heavy atom. The van der Waals surface area contributed by atoms with Gasteiger partial charge < -0.3 is 15.2 Å². The number of carbonyl (C=O) groups is 1. The molecule has 2 heterocycles. The highest BCUT2D eigenvalue weighted by atomic mass is 16.2. The van der Waals surface area contributed by atoms with Crippen molar-refractivity contribution in [2.75, 3.05) is 31.9 Å². The Bertz CT molecular complexity index is 531. The molecule has 21 heavy (non-hydrogen) atoms. The number of piperazine rings is 1. The summed E-state index contributed by atoms with van der Waals surface area (Å²) in [7, 11) is 0. The molecule has 1 saturated heterocycles. The van der Waals surface area contributed by atoms with Gasteiger partial charge in [-0.3, -0.25) is 9.69 Å². The number of nitrogens with two attached hydrogens (primary N) is 1. The fourth-order valence-corrected chi connectivity index (χ4v) is 3.07. The molecule has 5 nitrogen and oxygen atoms in total. The monoisotopic (exact) mass is 290 g/mol. The lowest BCUT2D eigenvalue weighted by Crippen LogP contribution is -2.54. The standard InChI is InChI=1S/C16H26N4O/c1-16(2,3)19-8-6-18(7-9-19)15(21)14-10-12(17)11-20(14)13-4-5-13/h10-11,13H,4-9,17H2,1-3H3. The van der Waals surface area contributed by atoms with E-state index in [1.54, 1.807) is 0 Å². The van der Waals surface area contributed by atoms with Crippen molar-refractivity contribution in [1.29, 1.82) is 0 Å². The van der Waals surface area contributed by atoms with Crippen molar-refractivity contribution in [2.45, 2.75) is 45.2 Å². The average molecular weight is 290 g/mol. The molecule has 2 fully saturated rings. The van der Waals surface area contributed by atoms with Gasteiger partial charge >= 0.3 is 0 Å². The van der Waals surface area contributed by atoms with Gasteiger partial charge in [0.05, 0.1) is 5.69 Å². The quantitative estimate of drug-likeness (QED) is 0.906. The highest BCUT2D eigenvalue weighted by Crippen LogP contribution is 2.37. The summed E-state index contributed by atoms with van der Waals surface area (Å²) in [5.41, 5.74) is 7.52.